The Morgan fingerprint density at radius 1 is 1.29 bits per heavy atom. The normalized spacial score (nSPS) is 14.5. The minimum atomic E-state index is -0.626. The zero-order chi connectivity index (χ0) is 20.3. The Hall–Kier alpha value is -2.51. The number of anilines is 1. The first-order chi connectivity index (χ1) is 13.4. The average Bonchev–Trinajstić information content (AvgIpc) is 3.00. The van der Waals surface area contributed by atoms with Gasteiger partial charge in [-0.25, -0.2) is 10.2 Å². The van der Waals surface area contributed by atoms with Crippen molar-refractivity contribution in [2.24, 2.45) is 5.10 Å². The van der Waals surface area contributed by atoms with Crippen LogP contribution in [-0.4, -0.2) is 24.3 Å². The summed E-state index contributed by atoms with van der Waals surface area (Å²) in [5, 5.41) is 7.69. The molecule has 0 unspecified atom stereocenters. The highest BCUT2D eigenvalue weighted by atomic mass is 35.5. The molecule has 0 aliphatic heterocycles. The first kappa shape index (κ1) is 20.2. The van der Waals surface area contributed by atoms with E-state index in [1.807, 2.05) is 0 Å². The number of rotatable bonds is 4. The Labute approximate surface area is 172 Å². The lowest BCUT2D eigenvalue weighted by molar-refractivity contribution is 0.0994. The predicted octanol–water partition coefficient (Wildman–Crippen LogP) is 4.93. The number of nitrogens with one attached hydrogen (secondary N) is 2. The molecule has 0 spiro atoms. The number of fused-ring (bicyclic) bond motifs is 1. The number of hydrogen-bond donors (Lipinski definition) is 2. The molecule has 2 aromatic rings. The van der Waals surface area contributed by atoms with Crippen molar-refractivity contribution in [2.45, 2.75) is 33.1 Å². The number of hydrazone groups is 1. The standard InChI is InChI=1S/C19H19Cl2N3O4/c1-3-27-19(26)24-23-14-5-4-6-15-16(14)10(2)17(28-15)18(25)22-13-8-7-11(20)9-12(13)21/h7-9H,3-6H2,1-2H3,(H,22,25)(H,24,26)/b23-14+. The highest BCUT2D eigenvalue weighted by molar-refractivity contribution is 6.36. The van der Waals surface area contributed by atoms with E-state index < -0.39 is 12.0 Å². The van der Waals surface area contributed by atoms with E-state index in [0.29, 0.717) is 45.6 Å². The van der Waals surface area contributed by atoms with E-state index in [-0.39, 0.29) is 12.4 Å². The molecule has 7 nitrogen and oxygen atoms in total. The Balaban J connectivity index is 1.85. The van der Waals surface area contributed by atoms with Gasteiger partial charge in [-0.1, -0.05) is 23.2 Å². The summed E-state index contributed by atoms with van der Waals surface area (Å²) in [5.41, 5.74) is 4.85. The maximum absolute atomic E-state index is 12.7. The smallest absolute Gasteiger partial charge is 0.427 e. The molecule has 0 saturated heterocycles. The predicted molar refractivity (Wildman–Crippen MR) is 107 cm³/mol. The van der Waals surface area contributed by atoms with Crippen molar-refractivity contribution in [3.63, 3.8) is 0 Å². The molecule has 0 atom stereocenters. The molecule has 3 rings (SSSR count). The number of carbonyl (C=O) groups is 2. The van der Waals surface area contributed by atoms with Crippen LogP contribution in [0.2, 0.25) is 10.0 Å². The Morgan fingerprint density at radius 2 is 2.07 bits per heavy atom. The second-order valence-electron chi connectivity index (χ2n) is 6.18. The van der Waals surface area contributed by atoms with Crippen LogP contribution < -0.4 is 10.7 Å². The summed E-state index contributed by atoms with van der Waals surface area (Å²) in [6, 6.07) is 4.80. The molecular weight excluding hydrogens is 405 g/mol. The van der Waals surface area contributed by atoms with Crippen LogP contribution in [0.25, 0.3) is 0 Å². The van der Waals surface area contributed by atoms with Gasteiger partial charge in [-0.3, -0.25) is 4.79 Å². The highest BCUT2D eigenvalue weighted by Gasteiger charge is 2.28. The number of furan rings is 1. The lowest BCUT2D eigenvalue weighted by atomic mass is 9.93. The van der Waals surface area contributed by atoms with Gasteiger partial charge in [0.25, 0.3) is 5.91 Å². The summed E-state index contributed by atoms with van der Waals surface area (Å²) in [7, 11) is 0. The van der Waals surface area contributed by atoms with Gasteiger partial charge in [-0.2, -0.15) is 5.10 Å². The molecule has 1 aliphatic carbocycles. The second kappa shape index (κ2) is 8.67. The van der Waals surface area contributed by atoms with Crippen LogP contribution in [0.1, 0.15) is 47.2 Å². The Morgan fingerprint density at radius 3 is 2.79 bits per heavy atom. The van der Waals surface area contributed by atoms with E-state index in [1.54, 1.807) is 32.0 Å². The van der Waals surface area contributed by atoms with Gasteiger partial charge in [-0.05, 0) is 44.9 Å². The third kappa shape index (κ3) is 4.31. The van der Waals surface area contributed by atoms with E-state index >= 15 is 0 Å². The van der Waals surface area contributed by atoms with Gasteiger partial charge in [0.2, 0.25) is 0 Å². The molecule has 0 saturated carbocycles. The molecule has 2 N–H and O–H groups in total. The van der Waals surface area contributed by atoms with Crippen molar-refractivity contribution >= 4 is 46.6 Å². The summed E-state index contributed by atoms with van der Waals surface area (Å²) < 4.78 is 10.6. The largest absolute Gasteiger partial charge is 0.455 e. The monoisotopic (exact) mass is 423 g/mol. The van der Waals surface area contributed by atoms with Crippen LogP contribution >= 0.6 is 23.2 Å². The number of halogens is 2. The third-order valence-corrected chi connectivity index (χ3v) is 4.82. The zero-order valence-corrected chi connectivity index (χ0v) is 16.9. The molecule has 148 valence electrons. The van der Waals surface area contributed by atoms with Gasteiger partial charge in [-0.15, -0.1) is 0 Å². The fraction of sp³-hybridized carbons (Fsp3) is 0.316. The molecule has 1 aromatic heterocycles. The molecule has 9 heteroatoms. The molecule has 1 heterocycles. The number of nitrogens with zero attached hydrogens (tertiary/aromatic N) is 1. The Bertz CT molecular complexity index is 953. The molecule has 1 aromatic carbocycles. The Kier molecular flexibility index (Phi) is 6.26. The molecule has 2 amide bonds. The van der Waals surface area contributed by atoms with Crippen LogP contribution in [0.4, 0.5) is 10.5 Å². The van der Waals surface area contributed by atoms with Gasteiger partial charge in [0, 0.05) is 22.6 Å². The first-order valence-electron chi connectivity index (χ1n) is 8.79. The van der Waals surface area contributed by atoms with E-state index in [9.17, 15) is 9.59 Å². The number of amides is 2. The van der Waals surface area contributed by atoms with Gasteiger partial charge >= 0.3 is 6.09 Å². The third-order valence-electron chi connectivity index (χ3n) is 4.27. The minimum absolute atomic E-state index is 0.182. The van der Waals surface area contributed by atoms with Crippen molar-refractivity contribution in [2.75, 3.05) is 11.9 Å². The van der Waals surface area contributed by atoms with Crippen molar-refractivity contribution in [1.82, 2.24) is 5.43 Å². The van der Waals surface area contributed by atoms with E-state index in [4.69, 9.17) is 32.4 Å². The van der Waals surface area contributed by atoms with Gasteiger partial charge in [0.05, 0.1) is 23.0 Å². The van der Waals surface area contributed by atoms with Gasteiger partial charge < -0.3 is 14.5 Å². The molecule has 28 heavy (non-hydrogen) atoms. The van der Waals surface area contributed by atoms with Crippen LogP contribution in [0.5, 0.6) is 0 Å². The number of carbonyl (C=O) groups excluding carboxylic acids is 2. The average molecular weight is 424 g/mol. The van der Waals surface area contributed by atoms with E-state index in [1.165, 1.54) is 0 Å². The van der Waals surface area contributed by atoms with E-state index in [0.717, 1.165) is 12.0 Å². The number of ether oxygens (including phenoxy) is 1. The van der Waals surface area contributed by atoms with Crippen LogP contribution in [0.3, 0.4) is 0 Å². The maximum Gasteiger partial charge on any atom is 0.427 e. The van der Waals surface area contributed by atoms with Crippen LogP contribution in [-0.2, 0) is 11.2 Å². The molecule has 0 radical (unpaired) electrons. The van der Waals surface area contributed by atoms with Crippen molar-refractivity contribution in [1.29, 1.82) is 0 Å². The molecule has 0 fully saturated rings. The number of hydrogen-bond acceptors (Lipinski definition) is 5. The van der Waals surface area contributed by atoms with Crippen LogP contribution in [0.15, 0.2) is 27.7 Å². The summed E-state index contributed by atoms with van der Waals surface area (Å²) in [4.78, 5) is 24.2. The summed E-state index contributed by atoms with van der Waals surface area (Å²) >= 11 is 12.0. The quantitative estimate of drug-likeness (QED) is 0.681. The fourth-order valence-corrected chi connectivity index (χ4v) is 3.50. The molecule has 1 aliphatic rings. The first-order valence-corrected chi connectivity index (χ1v) is 9.54. The molecule has 0 bridgehead atoms. The van der Waals surface area contributed by atoms with Gasteiger partial charge in [0.1, 0.15) is 5.76 Å². The van der Waals surface area contributed by atoms with Crippen LogP contribution in [0, 0.1) is 6.92 Å². The lowest BCUT2D eigenvalue weighted by Crippen LogP contribution is -2.22. The second-order valence-corrected chi connectivity index (χ2v) is 7.02. The van der Waals surface area contributed by atoms with E-state index in [2.05, 4.69) is 15.8 Å². The summed E-state index contributed by atoms with van der Waals surface area (Å²) in [6.45, 7) is 3.75. The maximum atomic E-state index is 12.7. The SMILES string of the molecule is CCOC(=O)N/N=C1\CCCc2oc(C(=O)Nc3ccc(Cl)cc3Cl)c(C)c21. The number of benzene rings is 1. The number of aryl methyl sites for hydroxylation is 1. The van der Waals surface area contributed by atoms with Crippen molar-refractivity contribution in [3.8, 4) is 0 Å². The lowest BCUT2D eigenvalue weighted by Gasteiger charge is -2.13. The zero-order valence-electron chi connectivity index (χ0n) is 15.4. The highest BCUT2D eigenvalue weighted by Crippen LogP contribution is 2.31. The fourth-order valence-electron chi connectivity index (χ4n) is 3.04. The van der Waals surface area contributed by atoms with Gasteiger partial charge in [0.15, 0.2) is 5.76 Å². The van der Waals surface area contributed by atoms with Crippen molar-refractivity contribution < 1.29 is 18.7 Å². The molecular formula is C19H19Cl2N3O4. The van der Waals surface area contributed by atoms with Crippen molar-refractivity contribution in [3.05, 3.63) is 50.9 Å². The minimum Gasteiger partial charge on any atom is -0.455 e. The topological polar surface area (TPSA) is 92.9 Å². The summed E-state index contributed by atoms with van der Waals surface area (Å²) in [6.07, 6.45) is 1.51. The summed E-state index contributed by atoms with van der Waals surface area (Å²) in [5.74, 6) is 0.427.